The van der Waals surface area contributed by atoms with Crippen LogP contribution in [0.2, 0.25) is 0 Å². The number of hydrogen-bond acceptors (Lipinski definition) is 5. The van der Waals surface area contributed by atoms with E-state index in [9.17, 15) is 4.79 Å². The number of nitrogens with one attached hydrogen (secondary N) is 1. The Morgan fingerprint density at radius 3 is 2.62 bits per heavy atom. The average Bonchev–Trinajstić information content (AvgIpc) is 2.56. The highest BCUT2D eigenvalue weighted by Crippen LogP contribution is 2.16. The average molecular weight is 286 g/mol. The molecule has 5 heteroatoms. The molecule has 1 heterocycles. The van der Waals surface area contributed by atoms with Crippen molar-refractivity contribution in [2.75, 3.05) is 13.7 Å². The summed E-state index contributed by atoms with van der Waals surface area (Å²) in [6.07, 6.45) is 1.76. The fourth-order valence-corrected chi connectivity index (χ4v) is 1.93. The molecule has 0 amide bonds. The second-order valence-electron chi connectivity index (χ2n) is 4.55. The highest BCUT2D eigenvalue weighted by atomic mass is 16.5. The normalized spacial score (nSPS) is 11.9. The zero-order valence-electron chi connectivity index (χ0n) is 11.8. The SMILES string of the molecule is COC(=O)C(CO)NCc1ccc(-c2ccccn2)cc1. The molecule has 2 rings (SSSR count). The van der Waals surface area contributed by atoms with Crippen molar-refractivity contribution in [3.8, 4) is 11.3 Å². The van der Waals surface area contributed by atoms with E-state index >= 15 is 0 Å². The predicted octanol–water partition coefficient (Wildman–Crippen LogP) is 1.37. The lowest BCUT2D eigenvalue weighted by molar-refractivity contribution is -0.144. The number of pyridine rings is 1. The van der Waals surface area contributed by atoms with Crippen LogP contribution in [0.15, 0.2) is 48.7 Å². The highest BCUT2D eigenvalue weighted by Gasteiger charge is 2.16. The van der Waals surface area contributed by atoms with Gasteiger partial charge in [-0.15, -0.1) is 0 Å². The summed E-state index contributed by atoms with van der Waals surface area (Å²) in [5, 5.41) is 12.1. The number of ether oxygens (including phenoxy) is 1. The van der Waals surface area contributed by atoms with Gasteiger partial charge >= 0.3 is 5.97 Å². The van der Waals surface area contributed by atoms with Crippen LogP contribution in [0, 0.1) is 0 Å². The van der Waals surface area contributed by atoms with Crippen molar-refractivity contribution < 1.29 is 14.6 Å². The second kappa shape index (κ2) is 7.52. The van der Waals surface area contributed by atoms with E-state index in [-0.39, 0.29) is 6.61 Å². The maximum atomic E-state index is 11.4. The molecule has 1 aromatic heterocycles. The van der Waals surface area contributed by atoms with Gasteiger partial charge in [0.25, 0.3) is 0 Å². The molecule has 5 nitrogen and oxygen atoms in total. The van der Waals surface area contributed by atoms with Crippen LogP contribution in [-0.2, 0) is 16.1 Å². The van der Waals surface area contributed by atoms with Crippen molar-refractivity contribution in [1.82, 2.24) is 10.3 Å². The van der Waals surface area contributed by atoms with Gasteiger partial charge in [-0.1, -0.05) is 30.3 Å². The van der Waals surface area contributed by atoms with Crippen molar-refractivity contribution in [2.45, 2.75) is 12.6 Å². The van der Waals surface area contributed by atoms with E-state index in [1.165, 1.54) is 7.11 Å². The summed E-state index contributed by atoms with van der Waals surface area (Å²) in [7, 11) is 1.30. The van der Waals surface area contributed by atoms with Gasteiger partial charge in [0, 0.05) is 18.3 Å². The molecular formula is C16H18N2O3. The first kappa shape index (κ1) is 15.2. The number of aliphatic hydroxyl groups excluding tert-OH is 1. The Kier molecular flexibility index (Phi) is 5.43. The molecule has 2 aromatic rings. The smallest absolute Gasteiger partial charge is 0.325 e. The molecule has 1 unspecified atom stereocenters. The molecule has 0 saturated heterocycles. The molecule has 0 bridgehead atoms. The van der Waals surface area contributed by atoms with E-state index < -0.39 is 12.0 Å². The maximum absolute atomic E-state index is 11.4. The number of benzene rings is 1. The van der Waals surface area contributed by atoms with Gasteiger partial charge < -0.3 is 9.84 Å². The Labute approximate surface area is 123 Å². The lowest BCUT2D eigenvalue weighted by Gasteiger charge is -2.13. The summed E-state index contributed by atoms with van der Waals surface area (Å²) in [4.78, 5) is 15.6. The van der Waals surface area contributed by atoms with Crippen LogP contribution in [0.3, 0.4) is 0 Å². The molecule has 0 aliphatic carbocycles. The van der Waals surface area contributed by atoms with Crippen molar-refractivity contribution in [2.24, 2.45) is 0 Å². The molecule has 0 aliphatic heterocycles. The van der Waals surface area contributed by atoms with Gasteiger partial charge in [-0.25, -0.2) is 0 Å². The van der Waals surface area contributed by atoms with Gasteiger partial charge in [0.2, 0.25) is 0 Å². The number of carbonyl (C=O) groups is 1. The zero-order chi connectivity index (χ0) is 15.1. The highest BCUT2D eigenvalue weighted by molar-refractivity contribution is 5.75. The van der Waals surface area contributed by atoms with Crippen molar-refractivity contribution >= 4 is 5.97 Å². The van der Waals surface area contributed by atoms with Crippen LogP contribution in [0.1, 0.15) is 5.56 Å². The van der Waals surface area contributed by atoms with Crippen LogP contribution in [0.25, 0.3) is 11.3 Å². The molecule has 1 aromatic carbocycles. The maximum Gasteiger partial charge on any atom is 0.325 e. The lowest BCUT2D eigenvalue weighted by Crippen LogP contribution is -2.40. The fourth-order valence-electron chi connectivity index (χ4n) is 1.93. The van der Waals surface area contributed by atoms with Gasteiger partial charge in [0.05, 0.1) is 19.4 Å². The monoisotopic (exact) mass is 286 g/mol. The number of nitrogens with zero attached hydrogens (tertiary/aromatic N) is 1. The number of esters is 1. The van der Waals surface area contributed by atoms with E-state index in [2.05, 4.69) is 15.0 Å². The van der Waals surface area contributed by atoms with E-state index in [1.54, 1.807) is 6.20 Å². The Bertz CT molecular complexity index is 570. The van der Waals surface area contributed by atoms with Crippen LogP contribution < -0.4 is 5.32 Å². The van der Waals surface area contributed by atoms with Gasteiger partial charge in [0.15, 0.2) is 0 Å². The summed E-state index contributed by atoms with van der Waals surface area (Å²) in [6, 6.07) is 12.9. The molecule has 0 radical (unpaired) electrons. The standard InChI is InChI=1S/C16H18N2O3/c1-21-16(20)15(11-19)18-10-12-5-7-13(8-6-12)14-4-2-3-9-17-14/h2-9,15,18-19H,10-11H2,1H3. The minimum atomic E-state index is -0.703. The van der Waals surface area contributed by atoms with E-state index in [4.69, 9.17) is 5.11 Å². The Morgan fingerprint density at radius 2 is 2.05 bits per heavy atom. The molecular weight excluding hydrogens is 268 g/mol. The molecule has 2 N–H and O–H groups in total. The minimum Gasteiger partial charge on any atom is -0.468 e. The molecule has 21 heavy (non-hydrogen) atoms. The van der Waals surface area contributed by atoms with E-state index in [1.807, 2.05) is 42.5 Å². The van der Waals surface area contributed by atoms with Crippen molar-refractivity contribution in [1.29, 1.82) is 0 Å². The van der Waals surface area contributed by atoms with E-state index in [0.29, 0.717) is 6.54 Å². The number of carbonyl (C=O) groups excluding carboxylic acids is 1. The second-order valence-corrected chi connectivity index (χ2v) is 4.55. The summed E-state index contributed by atoms with van der Waals surface area (Å²) in [6.45, 7) is 0.182. The Morgan fingerprint density at radius 1 is 1.29 bits per heavy atom. The number of rotatable bonds is 6. The molecule has 110 valence electrons. The van der Waals surface area contributed by atoms with Crippen LogP contribution in [-0.4, -0.2) is 35.8 Å². The molecule has 0 fully saturated rings. The van der Waals surface area contributed by atoms with Crippen molar-refractivity contribution in [3.05, 3.63) is 54.2 Å². The largest absolute Gasteiger partial charge is 0.468 e. The Balaban J connectivity index is 1.98. The molecule has 0 spiro atoms. The third-order valence-electron chi connectivity index (χ3n) is 3.14. The Hall–Kier alpha value is -2.24. The van der Waals surface area contributed by atoms with Crippen LogP contribution >= 0.6 is 0 Å². The lowest BCUT2D eigenvalue weighted by atomic mass is 10.1. The topological polar surface area (TPSA) is 71.5 Å². The minimum absolute atomic E-state index is 0.293. The summed E-state index contributed by atoms with van der Waals surface area (Å²) in [5.74, 6) is -0.470. The molecule has 1 atom stereocenters. The van der Waals surface area contributed by atoms with Crippen molar-refractivity contribution in [3.63, 3.8) is 0 Å². The van der Waals surface area contributed by atoms with E-state index in [0.717, 1.165) is 16.8 Å². The van der Waals surface area contributed by atoms with Crippen LogP contribution in [0.4, 0.5) is 0 Å². The fraction of sp³-hybridized carbons (Fsp3) is 0.250. The van der Waals surface area contributed by atoms with Gasteiger partial charge in [0.1, 0.15) is 6.04 Å². The number of hydrogen-bond donors (Lipinski definition) is 2. The first-order chi connectivity index (χ1) is 10.2. The van der Waals surface area contributed by atoms with Gasteiger partial charge in [-0.2, -0.15) is 0 Å². The van der Waals surface area contributed by atoms with Gasteiger partial charge in [-0.3, -0.25) is 15.1 Å². The number of aromatic nitrogens is 1. The van der Waals surface area contributed by atoms with Gasteiger partial charge in [-0.05, 0) is 17.7 Å². The summed E-state index contributed by atoms with van der Waals surface area (Å²) >= 11 is 0. The first-order valence-electron chi connectivity index (χ1n) is 6.67. The molecule has 0 aliphatic rings. The first-order valence-corrected chi connectivity index (χ1v) is 6.67. The third kappa shape index (κ3) is 4.11. The molecule has 0 saturated carbocycles. The number of aliphatic hydroxyl groups is 1. The summed E-state index contributed by atoms with van der Waals surface area (Å²) < 4.78 is 4.60. The zero-order valence-corrected chi connectivity index (χ0v) is 11.8. The van der Waals surface area contributed by atoms with Crippen LogP contribution in [0.5, 0.6) is 0 Å². The summed E-state index contributed by atoms with van der Waals surface area (Å²) in [5.41, 5.74) is 2.96. The third-order valence-corrected chi connectivity index (χ3v) is 3.14. The quantitative estimate of drug-likeness (QED) is 0.785. The predicted molar refractivity (Wildman–Crippen MR) is 79.4 cm³/mol. The number of methoxy groups -OCH3 is 1.